The molecule has 0 N–H and O–H groups in total. The second-order valence-corrected chi connectivity index (χ2v) is 7.88. The number of hydrogen-bond acceptors (Lipinski definition) is 7. The van der Waals surface area contributed by atoms with E-state index in [1.807, 2.05) is 24.3 Å². The summed E-state index contributed by atoms with van der Waals surface area (Å²) in [7, 11) is 0. The maximum Gasteiger partial charge on any atom is 0.292 e. The van der Waals surface area contributed by atoms with Gasteiger partial charge in [0, 0.05) is 37.7 Å². The van der Waals surface area contributed by atoms with Crippen LogP contribution in [-0.2, 0) is 0 Å². The Labute approximate surface area is 181 Å². The van der Waals surface area contributed by atoms with Gasteiger partial charge in [0.05, 0.1) is 4.92 Å². The normalized spacial score (nSPS) is 14.6. The number of benzene rings is 2. The molecule has 2 heterocycles. The van der Waals surface area contributed by atoms with E-state index in [0.29, 0.717) is 34.9 Å². The van der Waals surface area contributed by atoms with Crippen molar-refractivity contribution in [2.24, 2.45) is 5.92 Å². The van der Waals surface area contributed by atoms with Gasteiger partial charge in [-0.05, 0) is 49.1 Å². The first-order valence-electron chi connectivity index (χ1n) is 10.6. The Morgan fingerprint density at radius 2 is 1.84 bits per heavy atom. The van der Waals surface area contributed by atoms with Gasteiger partial charge in [0.15, 0.2) is 0 Å². The van der Waals surface area contributed by atoms with Crippen LogP contribution in [0.3, 0.4) is 0 Å². The number of ether oxygens (including phenoxy) is 1. The number of piperidine rings is 1. The van der Waals surface area contributed by atoms with Crippen molar-refractivity contribution in [1.82, 2.24) is 10.2 Å². The van der Waals surface area contributed by atoms with Gasteiger partial charge in [-0.2, -0.15) is 0 Å². The maximum atomic E-state index is 11.6. The molecule has 0 amide bonds. The smallest absolute Gasteiger partial charge is 0.292 e. The Kier molecular flexibility index (Phi) is 6.16. The Morgan fingerprint density at radius 3 is 2.45 bits per heavy atom. The van der Waals surface area contributed by atoms with Crippen LogP contribution in [0.15, 0.2) is 46.9 Å². The number of nitro groups is 1. The first-order valence-corrected chi connectivity index (χ1v) is 10.6. The summed E-state index contributed by atoms with van der Waals surface area (Å²) in [5, 5.41) is 19.4. The number of nitrogens with zero attached hydrogens (tertiary/aromatic N) is 4. The van der Waals surface area contributed by atoms with Gasteiger partial charge in [-0.3, -0.25) is 10.1 Å². The molecule has 0 saturated carbocycles. The summed E-state index contributed by atoms with van der Waals surface area (Å²) in [5.41, 5.74) is 1.53. The highest BCUT2D eigenvalue weighted by Crippen LogP contribution is 2.37. The zero-order valence-corrected chi connectivity index (χ0v) is 17.8. The minimum Gasteiger partial charge on any atom is -0.457 e. The highest BCUT2D eigenvalue weighted by molar-refractivity contribution is 5.66. The van der Waals surface area contributed by atoms with E-state index >= 15 is 0 Å². The van der Waals surface area contributed by atoms with Gasteiger partial charge in [0.2, 0.25) is 11.8 Å². The summed E-state index contributed by atoms with van der Waals surface area (Å²) in [6, 6.07) is 12.2. The van der Waals surface area contributed by atoms with Crippen molar-refractivity contribution < 1.29 is 14.1 Å². The average Bonchev–Trinajstić information content (AvgIpc) is 3.21. The van der Waals surface area contributed by atoms with Crippen LogP contribution < -0.4 is 9.64 Å². The van der Waals surface area contributed by atoms with Gasteiger partial charge in [-0.15, -0.1) is 10.2 Å². The molecule has 0 unspecified atom stereocenters. The molecule has 1 fully saturated rings. The van der Waals surface area contributed by atoms with E-state index in [0.717, 1.165) is 31.5 Å². The van der Waals surface area contributed by atoms with E-state index in [-0.39, 0.29) is 10.6 Å². The van der Waals surface area contributed by atoms with Crippen LogP contribution in [0.4, 0.5) is 11.4 Å². The fourth-order valence-corrected chi connectivity index (χ4v) is 4.06. The molecular formula is C23H26N4O4. The first-order chi connectivity index (χ1) is 15.0. The second kappa shape index (κ2) is 9.16. The first kappa shape index (κ1) is 20.8. The Bertz CT molecular complexity index is 1040. The molecule has 0 bridgehead atoms. The summed E-state index contributed by atoms with van der Waals surface area (Å²) in [5.74, 6) is 2.86. The molecule has 8 heteroatoms. The highest BCUT2D eigenvalue weighted by atomic mass is 16.6. The lowest BCUT2D eigenvalue weighted by Crippen LogP contribution is -2.34. The maximum absolute atomic E-state index is 11.6. The van der Waals surface area contributed by atoms with Crippen LogP contribution in [0.5, 0.6) is 11.5 Å². The molecular weight excluding hydrogens is 396 g/mol. The summed E-state index contributed by atoms with van der Waals surface area (Å²) in [6.45, 7) is 5.60. The topological polar surface area (TPSA) is 94.5 Å². The van der Waals surface area contributed by atoms with Crippen molar-refractivity contribution in [3.63, 3.8) is 0 Å². The van der Waals surface area contributed by atoms with Crippen molar-refractivity contribution >= 4 is 11.4 Å². The van der Waals surface area contributed by atoms with Crippen LogP contribution in [0.2, 0.25) is 0 Å². The van der Waals surface area contributed by atoms with Crippen molar-refractivity contribution in [1.29, 1.82) is 0 Å². The molecule has 1 aliphatic rings. The van der Waals surface area contributed by atoms with Crippen LogP contribution in [0, 0.1) is 23.0 Å². The molecule has 31 heavy (non-hydrogen) atoms. The van der Waals surface area contributed by atoms with Crippen LogP contribution >= 0.6 is 0 Å². The van der Waals surface area contributed by atoms with E-state index in [4.69, 9.17) is 9.15 Å². The third-order valence-corrected chi connectivity index (χ3v) is 5.66. The van der Waals surface area contributed by atoms with E-state index in [9.17, 15) is 10.1 Å². The lowest BCUT2D eigenvalue weighted by molar-refractivity contribution is -0.384. The quantitative estimate of drug-likeness (QED) is 0.353. The Hall–Kier alpha value is -3.42. The fraction of sp³-hybridized carbons (Fsp3) is 0.391. The molecule has 8 nitrogen and oxygen atoms in total. The molecule has 0 radical (unpaired) electrons. The fourth-order valence-electron chi connectivity index (χ4n) is 4.06. The molecule has 0 spiro atoms. The SMILES string of the molecule is CCCC1CCN(c2cc(Oc3ccc(-c4nnc(C)o4)cc3)ccc2[N+](=O)[O-])CC1. The van der Waals surface area contributed by atoms with Gasteiger partial charge in [0.25, 0.3) is 5.69 Å². The molecule has 1 saturated heterocycles. The number of anilines is 1. The predicted octanol–water partition coefficient (Wildman–Crippen LogP) is 5.76. The van der Waals surface area contributed by atoms with E-state index in [1.54, 1.807) is 19.1 Å². The molecule has 1 aromatic heterocycles. The molecule has 1 aliphatic heterocycles. The van der Waals surface area contributed by atoms with E-state index in [1.165, 1.54) is 18.9 Å². The van der Waals surface area contributed by atoms with Gasteiger partial charge in [-0.1, -0.05) is 19.8 Å². The number of aryl methyl sites for hydroxylation is 1. The third kappa shape index (κ3) is 4.84. The van der Waals surface area contributed by atoms with E-state index < -0.39 is 0 Å². The van der Waals surface area contributed by atoms with Crippen molar-refractivity contribution in [2.45, 2.75) is 39.5 Å². The molecule has 0 aliphatic carbocycles. The van der Waals surface area contributed by atoms with Gasteiger partial charge in [-0.25, -0.2) is 0 Å². The molecule has 4 rings (SSSR count). The van der Waals surface area contributed by atoms with Crippen molar-refractivity contribution in [2.75, 3.05) is 18.0 Å². The average molecular weight is 422 g/mol. The third-order valence-electron chi connectivity index (χ3n) is 5.66. The lowest BCUT2D eigenvalue weighted by Gasteiger charge is -2.33. The zero-order chi connectivity index (χ0) is 21.8. The standard InChI is InChI=1S/C23H26N4O4/c1-3-4-17-11-13-26(14-12-17)22-15-20(9-10-21(22)27(28)29)31-19-7-5-18(6-8-19)23-25-24-16(2)30-23/h5-10,15,17H,3-4,11-14H2,1-2H3. The highest BCUT2D eigenvalue weighted by Gasteiger charge is 2.25. The summed E-state index contributed by atoms with van der Waals surface area (Å²) in [6.07, 6.45) is 4.52. The van der Waals surface area contributed by atoms with Crippen LogP contribution in [0.1, 0.15) is 38.5 Å². The van der Waals surface area contributed by atoms with E-state index in [2.05, 4.69) is 22.0 Å². The molecule has 162 valence electrons. The summed E-state index contributed by atoms with van der Waals surface area (Å²) in [4.78, 5) is 13.4. The minimum atomic E-state index is -0.321. The molecule has 0 atom stereocenters. The Balaban J connectivity index is 1.51. The molecule has 2 aromatic carbocycles. The summed E-state index contributed by atoms with van der Waals surface area (Å²) < 4.78 is 11.4. The number of hydrogen-bond donors (Lipinski definition) is 0. The predicted molar refractivity (Wildman–Crippen MR) is 117 cm³/mol. The van der Waals surface area contributed by atoms with Gasteiger partial charge in [0.1, 0.15) is 17.2 Å². The number of nitro benzene ring substituents is 1. The van der Waals surface area contributed by atoms with Crippen LogP contribution in [0.25, 0.3) is 11.5 Å². The van der Waals surface area contributed by atoms with Crippen molar-refractivity contribution in [3.05, 3.63) is 58.5 Å². The largest absolute Gasteiger partial charge is 0.457 e. The molecule has 3 aromatic rings. The summed E-state index contributed by atoms with van der Waals surface area (Å²) >= 11 is 0. The Morgan fingerprint density at radius 1 is 1.13 bits per heavy atom. The zero-order valence-electron chi connectivity index (χ0n) is 17.8. The monoisotopic (exact) mass is 422 g/mol. The number of rotatable bonds is 7. The van der Waals surface area contributed by atoms with Gasteiger partial charge < -0.3 is 14.1 Å². The van der Waals surface area contributed by atoms with Crippen LogP contribution in [-0.4, -0.2) is 28.2 Å². The van der Waals surface area contributed by atoms with Crippen molar-refractivity contribution in [3.8, 4) is 23.0 Å². The number of aromatic nitrogens is 2. The van der Waals surface area contributed by atoms with Gasteiger partial charge >= 0.3 is 0 Å². The second-order valence-electron chi connectivity index (χ2n) is 7.88. The lowest BCUT2D eigenvalue weighted by atomic mass is 9.92. The minimum absolute atomic E-state index is 0.114.